The molecule has 1 amide bonds. The highest BCUT2D eigenvalue weighted by molar-refractivity contribution is 7.19. The molecule has 6 nitrogen and oxygen atoms in total. The van der Waals surface area contributed by atoms with E-state index in [4.69, 9.17) is 10.5 Å². The first-order valence-corrected chi connectivity index (χ1v) is 8.46. The third kappa shape index (κ3) is 4.05. The Morgan fingerprint density at radius 3 is 2.58 bits per heavy atom. The lowest BCUT2D eigenvalue weighted by atomic mass is 10.2. The molecule has 4 N–H and O–H groups in total. The van der Waals surface area contributed by atoms with Crippen LogP contribution in [-0.4, -0.2) is 25.5 Å². The van der Waals surface area contributed by atoms with E-state index >= 15 is 0 Å². The SMILES string of the molecule is CCCNC(=O)c1sc(NCc2ccccc2)c(C(=O)OC)c1N. The maximum absolute atomic E-state index is 12.2. The molecule has 7 heteroatoms. The van der Waals surface area contributed by atoms with Gasteiger partial charge in [0.25, 0.3) is 5.91 Å². The molecule has 0 fully saturated rings. The highest BCUT2D eigenvalue weighted by Crippen LogP contribution is 2.36. The molecule has 2 rings (SSSR count). The minimum Gasteiger partial charge on any atom is -0.465 e. The zero-order valence-corrected chi connectivity index (χ0v) is 14.5. The Morgan fingerprint density at radius 2 is 1.96 bits per heavy atom. The van der Waals surface area contributed by atoms with Crippen molar-refractivity contribution in [3.63, 3.8) is 0 Å². The van der Waals surface area contributed by atoms with Crippen molar-refractivity contribution in [1.29, 1.82) is 0 Å². The van der Waals surface area contributed by atoms with Crippen LogP contribution in [0, 0.1) is 0 Å². The number of thiophene rings is 1. The van der Waals surface area contributed by atoms with E-state index in [2.05, 4.69) is 10.6 Å². The number of carbonyl (C=O) groups excluding carboxylic acids is 2. The molecule has 0 unspecified atom stereocenters. The van der Waals surface area contributed by atoms with Crippen molar-refractivity contribution in [1.82, 2.24) is 5.32 Å². The molecule has 0 saturated carbocycles. The average Bonchev–Trinajstić information content (AvgIpc) is 2.94. The molecule has 0 spiro atoms. The second-order valence-corrected chi connectivity index (χ2v) is 6.16. The van der Waals surface area contributed by atoms with Crippen molar-refractivity contribution < 1.29 is 14.3 Å². The van der Waals surface area contributed by atoms with Crippen molar-refractivity contribution in [3.8, 4) is 0 Å². The van der Waals surface area contributed by atoms with Crippen LogP contribution in [0.2, 0.25) is 0 Å². The van der Waals surface area contributed by atoms with E-state index in [0.29, 0.717) is 23.0 Å². The number of hydrogen-bond acceptors (Lipinski definition) is 6. The van der Waals surface area contributed by atoms with Crippen molar-refractivity contribution in [2.45, 2.75) is 19.9 Å². The topological polar surface area (TPSA) is 93.5 Å². The zero-order chi connectivity index (χ0) is 17.5. The Labute approximate surface area is 145 Å². The molecule has 0 radical (unpaired) electrons. The monoisotopic (exact) mass is 347 g/mol. The number of esters is 1. The number of ether oxygens (including phenoxy) is 1. The summed E-state index contributed by atoms with van der Waals surface area (Å²) >= 11 is 1.16. The molecule has 128 valence electrons. The lowest BCUT2D eigenvalue weighted by Crippen LogP contribution is -2.24. The summed E-state index contributed by atoms with van der Waals surface area (Å²) in [7, 11) is 1.29. The van der Waals surface area contributed by atoms with Crippen LogP contribution in [0.25, 0.3) is 0 Å². The maximum Gasteiger partial charge on any atom is 0.343 e. The van der Waals surface area contributed by atoms with Gasteiger partial charge in [-0.1, -0.05) is 37.3 Å². The Bertz CT molecular complexity index is 713. The van der Waals surface area contributed by atoms with Gasteiger partial charge in [-0.25, -0.2) is 4.79 Å². The Hall–Kier alpha value is -2.54. The van der Waals surface area contributed by atoms with Gasteiger partial charge >= 0.3 is 5.97 Å². The first kappa shape index (κ1) is 17.8. The minimum atomic E-state index is -0.561. The van der Waals surface area contributed by atoms with Gasteiger partial charge in [0.05, 0.1) is 12.8 Å². The van der Waals surface area contributed by atoms with Crippen LogP contribution in [0.5, 0.6) is 0 Å². The van der Waals surface area contributed by atoms with E-state index in [-0.39, 0.29) is 17.2 Å². The second kappa shape index (κ2) is 8.35. The Balaban J connectivity index is 2.27. The number of nitrogens with one attached hydrogen (secondary N) is 2. The van der Waals surface area contributed by atoms with Crippen LogP contribution in [-0.2, 0) is 11.3 Å². The van der Waals surface area contributed by atoms with Gasteiger partial charge in [0.15, 0.2) is 0 Å². The third-order valence-electron chi connectivity index (χ3n) is 3.37. The highest BCUT2D eigenvalue weighted by atomic mass is 32.1. The fourth-order valence-electron chi connectivity index (χ4n) is 2.14. The lowest BCUT2D eigenvalue weighted by Gasteiger charge is -2.06. The van der Waals surface area contributed by atoms with Crippen LogP contribution >= 0.6 is 11.3 Å². The number of benzene rings is 1. The number of nitrogen functional groups attached to an aromatic ring is 1. The third-order valence-corrected chi connectivity index (χ3v) is 4.53. The molecule has 0 aliphatic carbocycles. The minimum absolute atomic E-state index is 0.149. The van der Waals surface area contributed by atoms with Crippen LogP contribution in [0.3, 0.4) is 0 Å². The van der Waals surface area contributed by atoms with Gasteiger partial charge in [0.1, 0.15) is 15.4 Å². The summed E-state index contributed by atoms with van der Waals surface area (Å²) in [4.78, 5) is 24.6. The predicted octanol–water partition coefficient (Wildman–Crippen LogP) is 2.87. The second-order valence-electron chi connectivity index (χ2n) is 5.14. The molecule has 24 heavy (non-hydrogen) atoms. The van der Waals surface area contributed by atoms with Crippen LogP contribution in [0.15, 0.2) is 30.3 Å². The molecule has 0 saturated heterocycles. The summed E-state index contributed by atoms with van der Waals surface area (Å²) in [6.45, 7) is 3.03. The van der Waals surface area contributed by atoms with Crippen LogP contribution in [0.4, 0.5) is 10.7 Å². The number of hydrogen-bond donors (Lipinski definition) is 3. The molecule has 1 aromatic carbocycles. The first-order chi connectivity index (χ1) is 11.6. The summed E-state index contributed by atoms with van der Waals surface area (Å²) < 4.78 is 4.80. The van der Waals surface area contributed by atoms with Crippen LogP contribution in [0.1, 0.15) is 38.9 Å². The molecule has 0 bridgehead atoms. The van der Waals surface area contributed by atoms with E-state index in [0.717, 1.165) is 23.3 Å². The van der Waals surface area contributed by atoms with Crippen molar-refractivity contribution in [2.75, 3.05) is 24.7 Å². The van der Waals surface area contributed by atoms with Crippen molar-refractivity contribution in [3.05, 3.63) is 46.3 Å². The Kier molecular flexibility index (Phi) is 6.20. The standard InChI is InChI=1S/C17H21N3O3S/c1-3-9-19-15(21)14-13(18)12(17(22)23-2)16(24-14)20-10-11-7-5-4-6-8-11/h4-8,20H,3,9-10,18H2,1-2H3,(H,19,21). The molecular formula is C17H21N3O3S. The molecular weight excluding hydrogens is 326 g/mol. The largest absolute Gasteiger partial charge is 0.465 e. The summed E-state index contributed by atoms with van der Waals surface area (Å²) in [5.41, 5.74) is 7.44. The van der Waals surface area contributed by atoms with E-state index in [1.807, 2.05) is 37.3 Å². The van der Waals surface area contributed by atoms with E-state index in [1.165, 1.54) is 7.11 Å². The molecule has 2 aromatic rings. The fourth-order valence-corrected chi connectivity index (χ4v) is 3.16. The molecule has 1 heterocycles. The molecule has 1 aromatic heterocycles. The van der Waals surface area contributed by atoms with Gasteiger partial charge in [-0.15, -0.1) is 11.3 Å². The maximum atomic E-state index is 12.2. The summed E-state index contributed by atoms with van der Waals surface area (Å²) in [5.74, 6) is -0.842. The van der Waals surface area contributed by atoms with Gasteiger partial charge in [-0.2, -0.15) is 0 Å². The van der Waals surface area contributed by atoms with E-state index in [9.17, 15) is 9.59 Å². The summed E-state index contributed by atoms with van der Waals surface area (Å²) in [5, 5.41) is 6.48. The quantitative estimate of drug-likeness (QED) is 0.670. The molecule has 0 aliphatic heterocycles. The van der Waals surface area contributed by atoms with Crippen molar-refractivity contribution in [2.24, 2.45) is 0 Å². The number of rotatable bonds is 7. The number of anilines is 2. The number of carbonyl (C=O) groups is 2. The Morgan fingerprint density at radius 1 is 1.25 bits per heavy atom. The number of nitrogens with two attached hydrogens (primary N) is 1. The number of amides is 1. The summed E-state index contributed by atoms with van der Waals surface area (Å²) in [6.07, 6.45) is 0.819. The van der Waals surface area contributed by atoms with Gasteiger partial charge in [-0.05, 0) is 12.0 Å². The van der Waals surface area contributed by atoms with Gasteiger partial charge < -0.3 is 21.1 Å². The normalized spacial score (nSPS) is 10.2. The lowest BCUT2D eigenvalue weighted by molar-refractivity contribution is 0.0603. The fraction of sp³-hybridized carbons (Fsp3) is 0.294. The predicted molar refractivity (Wildman–Crippen MR) is 96.5 cm³/mol. The zero-order valence-electron chi connectivity index (χ0n) is 13.7. The van der Waals surface area contributed by atoms with Gasteiger partial charge in [-0.3, -0.25) is 4.79 Å². The first-order valence-electron chi connectivity index (χ1n) is 7.65. The summed E-state index contributed by atoms with van der Waals surface area (Å²) in [6, 6.07) is 9.74. The average molecular weight is 347 g/mol. The van der Waals surface area contributed by atoms with E-state index in [1.54, 1.807) is 0 Å². The number of methoxy groups -OCH3 is 1. The van der Waals surface area contributed by atoms with Crippen LogP contribution < -0.4 is 16.4 Å². The highest BCUT2D eigenvalue weighted by Gasteiger charge is 2.26. The van der Waals surface area contributed by atoms with Gasteiger partial charge in [0, 0.05) is 13.1 Å². The van der Waals surface area contributed by atoms with Gasteiger partial charge in [0.2, 0.25) is 0 Å². The molecule has 0 atom stereocenters. The molecule has 0 aliphatic rings. The van der Waals surface area contributed by atoms with Crippen molar-refractivity contribution >= 4 is 33.9 Å². The van der Waals surface area contributed by atoms with E-state index < -0.39 is 5.97 Å². The smallest absolute Gasteiger partial charge is 0.343 e.